The summed E-state index contributed by atoms with van der Waals surface area (Å²) < 4.78 is 0. The SMILES string of the molecule is CCC(=O)NCCSc1ccccn1. The first-order valence-electron chi connectivity index (χ1n) is 4.63. The van der Waals surface area contributed by atoms with Crippen LogP contribution in [0.1, 0.15) is 13.3 Å². The Morgan fingerprint density at radius 3 is 3.07 bits per heavy atom. The molecule has 0 spiro atoms. The van der Waals surface area contributed by atoms with E-state index in [1.807, 2.05) is 25.1 Å². The highest BCUT2D eigenvalue weighted by Gasteiger charge is 1.96. The van der Waals surface area contributed by atoms with Gasteiger partial charge in [-0.2, -0.15) is 0 Å². The number of carbonyl (C=O) groups excluding carboxylic acids is 1. The Hall–Kier alpha value is -1.03. The third-order valence-electron chi connectivity index (χ3n) is 1.63. The minimum Gasteiger partial charge on any atom is -0.355 e. The summed E-state index contributed by atoms with van der Waals surface area (Å²) in [4.78, 5) is 15.1. The van der Waals surface area contributed by atoms with Crippen molar-refractivity contribution in [3.63, 3.8) is 0 Å². The van der Waals surface area contributed by atoms with Gasteiger partial charge in [0.25, 0.3) is 0 Å². The second-order valence-corrected chi connectivity index (χ2v) is 3.84. The molecular formula is C10H14N2OS. The van der Waals surface area contributed by atoms with E-state index in [0.29, 0.717) is 13.0 Å². The van der Waals surface area contributed by atoms with Gasteiger partial charge in [0.2, 0.25) is 5.91 Å². The van der Waals surface area contributed by atoms with Gasteiger partial charge in [0.15, 0.2) is 0 Å². The van der Waals surface area contributed by atoms with Crippen molar-refractivity contribution in [3.8, 4) is 0 Å². The Morgan fingerprint density at radius 1 is 1.57 bits per heavy atom. The Balaban J connectivity index is 2.13. The summed E-state index contributed by atoms with van der Waals surface area (Å²) in [5.74, 6) is 0.967. The number of aromatic nitrogens is 1. The molecule has 0 atom stereocenters. The average Bonchev–Trinajstić information content (AvgIpc) is 2.25. The summed E-state index contributed by atoms with van der Waals surface area (Å²) in [7, 11) is 0. The summed E-state index contributed by atoms with van der Waals surface area (Å²) in [5.41, 5.74) is 0. The van der Waals surface area contributed by atoms with Gasteiger partial charge in [0, 0.05) is 24.9 Å². The third-order valence-corrected chi connectivity index (χ3v) is 2.58. The first-order valence-corrected chi connectivity index (χ1v) is 5.62. The predicted octanol–water partition coefficient (Wildman–Crippen LogP) is 1.70. The van der Waals surface area contributed by atoms with Crippen LogP contribution in [0.3, 0.4) is 0 Å². The molecule has 0 bridgehead atoms. The quantitative estimate of drug-likeness (QED) is 0.594. The van der Waals surface area contributed by atoms with Crippen LogP contribution in [0.25, 0.3) is 0 Å². The zero-order valence-electron chi connectivity index (χ0n) is 8.19. The fraction of sp³-hybridized carbons (Fsp3) is 0.400. The van der Waals surface area contributed by atoms with Gasteiger partial charge in [-0.1, -0.05) is 13.0 Å². The third kappa shape index (κ3) is 4.28. The van der Waals surface area contributed by atoms with Crippen LogP contribution in [-0.4, -0.2) is 23.2 Å². The molecule has 1 N–H and O–H groups in total. The van der Waals surface area contributed by atoms with Crippen molar-refractivity contribution in [3.05, 3.63) is 24.4 Å². The molecule has 0 saturated carbocycles. The molecule has 14 heavy (non-hydrogen) atoms. The smallest absolute Gasteiger partial charge is 0.219 e. The number of rotatable bonds is 5. The normalized spacial score (nSPS) is 9.79. The molecular weight excluding hydrogens is 196 g/mol. The van der Waals surface area contributed by atoms with Crippen LogP contribution in [0.5, 0.6) is 0 Å². The van der Waals surface area contributed by atoms with Gasteiger partial charge in [-0.25, -0.2) is 4.98 Å². The molecule has 0 aliphatic heterocycles. The number of carbonyl (C=O) groups is 1. The molecule has 1 aromatic heterocycles. The Kier molecular flexibility index (Phi) is 5.07. The van der Waals surface area contributed by atoms with E-state index in [4.69, 9.17) is 0 Å². The Bertz CT molecular complexity index is 277. The highest BCUT2D eigenvalue weighted by Crippen LogP contribution is 2.12. The fourth-order valence-electron chi connectivity index (χ4n) is 0.904. The van der Waals surface area contributed by atoms with E-state index in [1.165, 1.54) is 0 Å². The lowest BCUT2D eigenvalue weighted by molar-refractivity contribution is -0.120. The molecule has 3 nitrogen and oxygen atoms in total. The molecule has 0 radical (unpaired) electrons. The van der Waals surface area contributed by atoms with Gasteiger partial charge in [-0.05, 0) is 12.1 Å². The minimum absolute atomic E-state index is 0.103. The molecule has 0 aliphatic carbocycles. The van der Waals surface area contributed by atoms with Crippen LogP contribution in [0, 0.1) is 0 Å². The largest absolute Gasteiger partial charge is 0.355 e. The molecule has 0 unspecified atom stereocenters. The van der Waals surface area contributed by atoms with Crippen molar-refractivity contribution in [2.75, 3.05) is 12.3 Å². The van der Waals surface area contributed by atoms with Crippen LogP contribution in [0.2, 0.25) is 0 Å². The standard InChI is InChI=1S/C10H14N2OS/c1-2-9(13)11-7-8-14-10-5-3-4-6-12-10/h3-6H,2,7-8H2,1H3,(H,11,13). The number of pyridine rings is 1. The monoisotopic (exact) mass is 210 g/mol. The molecule has 1 heterocycles. The predicted molar refractivity (Wildman–Crippen MR) is 58.3 cm³/mol. The number of nitrogens with zero attached hydrogens (tertiary/aromatic N) is 1. The highest BCUT2D eigenvalue weighted by molar-refractivity contribution is 7.99. The second kappa shape index (κ2) is 6.43. The number of thioether (sulfide) groups is 1. The van der Waals surface area contributed by atoms with Crippen LogP contribution in [0.4, 0.5) is 0 Å². The molecule has 1 amide bonds. The molecule has 0 aromatic carbocycles. The van der Waals surface area contributed by atoms with Crippen molar-refractivity contribution in [2.24, 2.45) is 0 Å². The van der Waals surface area contributed by atoms with Crippen LogP contribution >= 0.6 is 11.8 Å². The molecule has 1 aromatic rings. The summed E-state index contributed by atoms with van der Waals surface area (Å²) in [6, 6.07) is 5.81. The number of hydrogen-bond donors (Lipinski definition) is 1. The van der Waals surface area contributed by atoms with Gasteiger partial charge in [0.1, 0.15) is 0 Å². The molecule has 4 heteroatoms. The maximum Gasteiger partial charge on any atom is 0.219 e. The van der Waals surface area contributed by atoms with Gasteiger partial charge in [-0.15, -0.1) is 11.8 Å². The number of nitrogens with one attached hydrogen (secondary N) is 1. The van der Waals surface area contributed by atoms with E-state index in [9.17, 15) is 4.79 Å². The molecule has 0 saturated heterocycles. The summed E-state index contributed by atoms with van der Waals surface area (Å²) >= 11 is 1.65. The topological polar surface area (TPSA) is 42.0 Å². The van der Waals surface area contributed by atoms with Crippen LogP contribution < -0.4 is 5.32 Å². The maximum absolute atomic E-state index is 10.9. The van der Waals surface area contributed by atoms with Crippen molar-refractivity contribution < 1.29 is 4.79 Å². The summed E-state index contributed by atoms with van der Waals surface area (Å²) in [6.07, 6.45) is 2.32. The molecule has 0 fully saturated rings. The van der Waals surface area contributed by atoms with Gasteiger partial charge in [0.05, 0.1) is 5.03 Å². The van der Waals surface area contributed by atoms with E-state index in [-0.39, 0.29) is 5.91 Å². The second-order valence-electron chi connectivity index (χ2n) is 2.72. The first-order chi connectivity index (χ1) is 6.83. The molecule has 76 valence electrons. The average molecular weight is 210 g/mol. The Labute approximate surface area is 88.3 Å². The van der Waals surface area contributed by atoms with E-state index in [1.54, 1.807) is 18.0 Å². The first kappa shape index (κ1) is 11.0. The van der Waals surface area contributed by atoms with Crippen molar-refractivity contribution in [1.82, 2.24) is 10.3 Å². The lowest BCUT2D eigenvalue weighted by Gasteiger charge is -2.02. The number of amides is 1. The van der Waals surface area contributed by atoms with Crippen LogP contribution in [0.15, 0.2) is 29.4 Å². The molecule has 0 aliphatic rings. The number of hydrogen-bond acceptors (Lipinski definition) is 3. The Morgan fingerprint density at radius 2 is 2.43 bits per heavy atom. The van der Waals surface area contributed by atoms with Gasteiger partial charge >= 0.3 is 0 Å². The lowest BCUT2D eigenvalue weighted by atomic mass is 10.4. The summed E-state index contributed by atoms with van der Waals surface area (Å²) in [6.45, 7) is 2.55. The minimum atomic E-state index is 0.103. The highest BCUT2D eigenvalue weighted by atomic mass is 32.2. The van der Waals surface area contributed by atoms with E-state index in [2.05, 4.69) is 10.3 Å². The van der Waals surface area contributed by atoms with Crippen molar-refractivity contribution >= 4 is 17.7 Å². The summed E-state index contributed by atoms with van der Waals surface area (Å²) in [5, 5.41) is 3.81. The zero-order valence-corrected chi connectivity index (χ0v) is 9.01. The van der Waals surface area contributed by atoms with Gasteiger partial charge < -0.3 is 5.32 Å². The van der Waals surface area contributed by atoms with Crippen molar-refractivity contribution in [1.29, 1.82) is 0 Å². The van der Waals surface area contributed by atoms with E-state index < -0.39 is 0 Å². The maximum atomic E-state index is 10.9. The zero-order chi connectivity index (χ0) is 10.2. The van der Waals surface area contributed by atoms with E-state index in [0.717, 1.165) is 10.8 Å². The lowest BCUT2D eigenvalue weighted by Crippen LogP contribution is -2.24. The van der Waals surface area contributed by atoms with Gasteiger partial charge in [-0.3, -0.25) is 4.79 Å². The van der Waals surface area contributed by atoms with Crippen molar-refractivity contribution in [2.45, 2.75) is 18.4 Å². The van der Waals surface area contributed by atoms with E-state index >= 15 is 0 Å². The molecule has 1 rings (SSSR count). The van der Waals surface area contributed by atoms with Crippen LogP contribution in [-0.2, 0) is 4.79 Å². The fourth-order valence-corrected chi connectivity index (χ4v) is 1.63.